The second-order valence-corrected chi connectivity index (χ2v) is 6.99. The molecule has 0 saturated carbocycles. The van der Waals surface area contributed by atoms with E-state index in [1.165, 1.54) is 5.56 Å². The molecule has 3 heteroatoms. The minimum atomic E-state index is -0.119. The highest BCUT2D eigenvalue weighted by Crippen LogP contribution is 2.34. The zero-order chi connectivity index (χ0) is 15.1. The maximum atomic E-state index is 12.5. The fraction of sp³-hybridized carbons (Fsp3) is 0.588. The number of carbonyl (C=O) groups excluding carboxylic acids is 1. The van der Waals surface area contributed by atoms with Crippen LogP contribution in [0.4, 0.5) is 0 Å². The van der Waals surface area contributed by atoms with Crippen molar-refractivity contribution in [2.75, 3.05) is 0 Å². The Labute approximate surface area is 122 Å². The average Bonchev–Trinajstić information content (AvgIpc) is 2.65. The summed E-state index contributed by atoms with van der Waals surface area (Å²) in [5, 5.41) is 3.42. The Morgan fingerprint density at radius 3 is 2.25 bits per heavy atom. The SMILES string of the molecule is Cc1ccc(C2NC(C)C(=O)N2C(C)C(C)(C)C)cc1. The average molecular weight is 274 g/mol. The molecule has 1 aliphatic rings. The number of benzene rings is 1. The molecule has 1 heterocycles. The van der Waals surface area contributed by atoms with Crippen LogP contribution in [0, 0.1) is 12.3 Å². The summed E-state index contributed by atoms with van der Waals surface area (Å²) in [7, 11) is 0. The zero-order valence-electron chi connectivity index (χ0n) is 13.4. The van der Waals surface area contributed by atoms with Crippen molar-refractivity contribution < 1.29 is 4.79 Å². The van der Waals surface area contributed by atoms with Crippen LogP contribution >= 0.6 is 0 Å². The maximum absolute atomic E-state index is 12.5. The first-order chi connectivity index (χ1) is 9.21. The lowest BCUT2D eigenvalue weighted by Gasteiger charge is -2.38. The van der Waals surface area contributed by atoms with E-state index >= 15 is 0 Å². The first kappa shape index (κ1) is 15.0. The van der Waals surface area contributed by atoms with E-state index in [0.717, 1.165) is 5.56 Å². The summed E-state index contributed by atoms with van der Waals surface area (Å²) in [6.07, 6.45) is -0.0210. The van der Waals surface area contributed by atoms with Gasteiger partial charge in [0.1, 0.15) is 6.17 Å². The molecule has 0 aromatic heterocycles. The van der Waals surface area contributed by atoms with E-state index in [1.807, 2.05) is 11.8 Å². The molecule has 0 bridgehead atoms. The molecule has 1 aromatic carbocycles. The van der Waals surface area contributed by atoms with Crippen LogP contribution in [-0.4, -0.2) is 22.9 Å². The third-order valence-corrected chi connectivity index (χ3v) is 4.37. The highest BCUT2D eigenvalue weighted by Gasteiger charge is 2.42. The van der Waals surface area contributed by atoms with Gasteiger partial charge in [0.15, 0.2) is 0 Å². The molecular weight excluding hydrogens is 248 g/mol. The lowest BCUT2D eigenvalue weighted by atomic mass is 9.86. The first-order valence-corrected chi connectivity index (χ1v) is 7.36. The Morgan fingerprint density at radius 2 is 1.75 bits per heavy atom. The van der Waals surface area contributed by atoms with Gasteiger partial charge in [-0.15, -0.1) is 0 Å². The number of aryl methyl sites for hydroxylation is 1. The number of nitrogens with zero attached hydrogens (tertiary/aromatic N) is 1. The Balaban J connectivity index is 2.35. The highest BCUT2D eigenvalue weighted by molar-refractivity contribution is 5.84. The molecule has 1 N–H and O–H groups in total. The zero-order valence-corrected chi connectivity index (χ0v) is 13.4. The molecule has 0 spiro atoms. The molecule has 3 nitrogen and oxygen atoms in total. The van der Waals surface area contributed by atoms with E-state index in [0.29, 0.717) is 0 Å². The second-order valence-electron chi connectivity index (χ2n) is 6.99. The lowest BCUT2D eigenvalue weighted by Crippen LogP contribution is -2.45. The van der Waals surface area contributed by atoms with Crippen LogP contribution < -0.4 is 5.32 Å². The molecule has 0 radical (unpaired) electrons. The number of nitrogens with one attached hydrogen (secondary N) is 1. The molecule has 1 saturated heterocycles. The topological polar surface area (TPSA) is 32.3 Å². The largest absolute Gasteiger partial charge is 0.318 e. The number of hydrogen-bond donors (Lipinski definition) is 1. The molecule has 2 rings (SSSR count). The molecule has 1 amide bonds. The number of amides is 1. The summed E-state index contributed by atoms with van der Waals surface area (Å²) in [6, 6.07) is 8.49. The van der Waals surface area contributed by atoms with Crippen LogP contribution in [0.5, 0.6) is 0 Å². The van der Waals surface area contributed by atoms with Crippen LogP contribution in [0.3, 0.4) is 0 Å². The van der Waals surface area contributed by atoms with Crippen molar-refractivity contribution in [2.24, 2.45) is 5.41 Å². The predicted molar refractivity (Wildman–Crippen MR) is 82.3 cm³/mol. The summed E-state index contributed by atoms with van der Waals surface area (Å²) in [6.45, 7) is 12.7. The Bertz CT molecular complexity index is 487. The van der Waals surface area contributed by atoms with E-state index in [9.17, 15) is 4.79 Å². The standard InChI is InChI=1S/C17H26N2O/c1-11-7-9-14(10-8-11)15-18-12(2)16(20)19(15)13(3)17(4,5)6/h7-10,12-13,15,18H,1-6H3. The van der Waals surface area contributed by atoms with Crippen LogP contribution in [0.25, 0.3) is 0 Å². The van der Waals surface area contributed by atoms with Crippen molar-refractivity contribution in [3.8, 4) is 0 Å². The van der Waals surface area contributed by atoms with Gasteiger partial charge in [-0.25, -0.2) is 0 Å². The summed E-state index contributed by atoms with van der Waals surface area (Å²) < 4.78 is 0. The Hall–Kier alpha value is -1.35. The van der Waals surface area contributed by atoms with Crippen molar-refractivity contribution in [1.82, 2.24) is 10.2 Å². The van der Waals surface area contributed by atoms with Gasteiger partial charge in [-0.05, 0) is 31.7 Å². The van der Waals surface area contributed by atoms with Crippen LogP contribution in [0.2, 0.25) is 0 Å². The fourth-order valence-electron chi connectivity index (χ4n) is 2.58. The minimum Gasteiger partial charge on any atom is -0.318 e. The second kappa shape index (κ2) is 5.21. The van der Waals surface area contributed by atoms with E-state index in [4.69, 9.17) is 0 Å². The monoisotopic (exact) mass is 274 g/mol. The van der Waals surface area contributed by atoms with Gasteiger partial charge in [-0.1, -0.05) is 50.6 Å². The summed E-state index contributed by atoms with van der Waals surface area (Å²) in [5.74, 6) is 0.193. The van der Waals surface area contributed by atoms with Gasteiger partial charge in [0.25, 0.3) is 0 Å². The van der Waals surface area contributed by atoms with Crippen molar-refractivity contribution in [1.29, 1.82) is 0 Å². The van der Waals surface area contributed by atoms with Crippen molar-refractivity contribution in [3.05, 3.63) is 35.4 Å². The van der Waals surface area contributed by atoms with Gasteiger partial charge in [0, 0.05) is 6.04 Å². The molecule has 20 heavy (non-hydrogen) atoms. The van der Waals surface area contributed by atoms with Gasteiger partial charge < -0.3 is 4.90 Å². The third kappa shape index (κ3) is 2.73. The van der Waals surface area contributed by atoms with E-state index in [-0.39, 0.29) is 29.6 Å². The molecule has 3 unspecified atom stereocenters. The smallest absolute Gasteiger partial charge is 0.241 e. The number of carbonyl (C=O) groups is 1. The summed E-state index contributed by atoms with van der Waals surface area (Å²) in [5.41, 5.74) is 2.45. The molecule has 1 aromatic rings. The summed E-state index contributed by atoms with van der Waals surface area (Å²) in [4.78, 5) is 14.5. The van der Waals surface area contributed by atoms with Crippen molar-refractivity contribution in [3.63, 3.8) is 0 Å². The normalized spacial score (nSPS) is 25.1. The summed E-state index contributed by atoms with van der Waals surface area (Å²) >= 11 is 0. The third-order valence-electron chi connectivity index (χ3n) is 4.37. The fourth-order valence-corrected chi connectivity index (χ4v) is 2.58. The number of rotatable bonds is 2. The molecule has 3 atom stereocenters. The van der Waals surface area contributed by atoms with Crippen molar-refractivity contribution in [2.45, 2.75) is 59.8 Å². The molecular formula is C17H26N2O. The Kier molecular flexibility index (Phi) is 3.92. The molecule has 1 fully saturated rings. The van der Waals surface area contributed by atoms with Gasteiger partial charge in [-0.2, -0.15) is 0 Å². The van der Waals surface area contributed by atoms with E-state index in [1.54, 1.807) is 0 Å². The lowest BCUT2D eigenvalue weighted by molar-refractivity contribution is -0.134. The van der Waals surface area contributed by atoms with E-state index < -0.39 is 0 Å². The first-order valence-electron chi connectivity index (χ1n) is 7.36. The maximum Gasteiger partial charge on any atom is 0.241 e. The quantitative estimate of drug-likeness (QED) is 0.898. The molecule has 110 valence electrons. The van der Waals surface area contributed by atoms with Crippen LogP contribution in [-0.2, 0) is 4.79 Å². The van der Waals surface area contributed by atoms with Crippen LogP contribution in [0.1, 0.15) is 51.9 Å². The van der Waals surface area contributed by atoms with Crippen molar-refractivity contribution >= 4 is 5.91 Å². The number of hydrogen-bond acceptors (Lipinski definition) is 2. The van der Waals surface area contributed by atoms with Gasteiger partial charge in [-0.3, -0.25) is 10.1 Å². The molecule has 0 aliphatic carbocycles. The Morgan fingerprint density at radius 1 is 1.20 bits per heavy atom. The van der Waals surface area contributed by atoms with Gasteiger partial charge >= 0.3 is 0 Å². The van der Waals surface area contributed by atoms with Gasteiger partial charge in [0.05, 0.1) is 6.04 Å². The van der Waals surface area contributed by atoms with Gasteiger partial charge in [0.2, 0.25) is 5.91 Å². The molecule has 1 aliphatic heterocycles. The predicted octanol–water partition coefficient (Wildman–Crippen LogP) is 3.25. The van der Waals surface area contributed by atoms with E-state index in [2.05, 4.69) is 64.2 Å². The minimum absolute atomic E-state index is 0.0210. The van der Waals surface area contributed by atoms with Crippen LogP contribution in [0.15, 0.2) is 24.3 Å². The highest BCUT2D eigenvalue weighted by atomic mass is 16.2.